The number of rotatable bonds is 4. The molecule has 2 N–H and O–H groups in total. The fourth-order valence-corrected chi connectivity index (χ4v) is 2.24. The van der Waals surface area contributed by atoms with Crippen LogP contribution in [-0.4, -0.2) is 26.8 Å². The summed E-state index contributed by atoms with van der Waals surface area (Å²) in [6.07, 6.45) is 9.25. The maximum Gasteiger partial charge on any atom is 0.0874 e. The largest absolute Gasteiger partial charge is 0.396 e. The van der Waals surface area contributed by atoms with Crippen LogP contribution >= 0.6 is 11.8 Å². The van der Waals surface area contributed by atoms with Crippen LogP contribution in [0.1, 0.15) is 11.6 Å². The summed E-state index contributed by atoms with van der Waals surface area (Å²) in [5.41, 5.74) is 7.53. The molecular weight excluding hydrogens is 220 g/mol. The van der Waals surface area contributed by atoms with Gasteiger partial charge in [-0.25, -0.2) is 0 Å². The minimum atomic E-state index is 0.195. The molecule has 0 spiro atoms. The average Bonchev–Trinajstić information content (AvgIpc) is 2.74. The first-order valence-corrected chi connectivity index (χ1v) is 6.39. The molecule has 2 rings (SSSR count). The molecule has 1 atom stereocenters. The van der Waals surface area contributed by atoms with Gasteiger partial charge in [-0.3, -0.25) is 9.67 Å². The molecule has 84 valence electrons. The summed E-state index contributed by atoms with van der Waals surface area (Å²) in [7, 11) is 0. The Bertz CT molecular complexity index is 440. The fraction of sp³-hybridized carbons (Fsp3) is 0.273. The molecule has 0 saturated heterocycles. The number of aromatic nitrogens is 3. The number of thioether (sulfide) groups is 1. The van der Waals surface area contributed by atoms with E-state index in [1.807, 2.05) is 23.1 Å². The van der Waals surface area contributed by atoms with Crippen molar-refractivity contribution >= 4 is 17.4 Å². The molecule has 2 heterocycles. The molecule has 4 nitrogen and oxygen atoms in total. The van der Waals surface area contributed by atoms with Crippen molar-refractivity contribution in [1.82, 2.24) is 14.8 Å². The predicted molar refractivity (Wildman–Crippen MR) is 67.4 cm³/mol. The number of pyridine rings is 1. The van der Waals surface area contributed by atoms with E-state index >= 15 is 0 Å². The summed E-state index contributed by atoms with van der Waals surface area (Å²) in [5, 5.41) is 4.26. The number of nitrogens with zero attached hydrogens (tertiary/aromatic N) is 3. The highest BCUT2D eigenvalue weighted by Gasteiger charge is 2.13. The van der Waals surface area contributed by atoms with Gasteiger partial charge >= 0.3 is 0 Å². The highest BCUT2D eigenvalue weighted by atomic mass is 32.2. The number of nitrogen functional groups attached to an aromatic ring is 1. The Hall–Kier alpha value is -1.49. The van der Waals surface area contributed by atoms with Gasteiger partial charge in [0.25, 0.3) is 0 Å². The zero-order valence-electron chi connectivity index (χ0n) is 9.08. The third-order valence-corrected chi connectivity index (χ3v) is 2.98. The summed E-state index contributed by atoms with van der Waals surface area (Å²) in [6, 6.07) is 4.20. The van der Waals surface area contributed by atoms with Gasteiger partial charge < -0.3 is 5.73 Å². The van der Waals surface area contributed by atoms with E-state index in [-0.39, 0.29) is 6.04 Å². The van der Waals surface area contributed by atoms with Crippen LogP contribution in [0.4, 0.5) is 5.69 Å². The second-order valence-electron chi connectivity index (χ2n) is 3.51. The molecule has 2 aromatic rings. The van der Waals surface area contributed by atoms with Crippen molar-refractivity contribution in [1.29, 1.82) is 0 Å². The van der Waals surface area contributed by atoms with Gasteiger partial charge in [0.15, 0.2) is 0 Å². The Kier molecular flexibility index (Phi) is 3.46. The van der Waals surface area contributed by atoms with Gasteiger partial charge in [-0.1, -0.05) is 6.07 Å². The van der Waals surface area contributed by atoms with E-state index in [9.17, 15) is 0 Å². The lowest BCUT2D eigenvalue weighted by Crippen LogP contribution is -2.14. The summed E-state index contributed by atoms with van der Waals surface area (Å²) in [4.78, 5) is 4.14. The third-order valence-electron chi connectivity index (χ3n) is 2.33. The van der Waals surface area contributed by atoms with Crippen LogP contribution in [0.3, 0.4) is 0 Å². The normalized spacial score (nSPS) is 12.6. The molecule has 2 aromatic heterocycles. The van der Waals surface area contributed by atoms with Gasteiger partial charge in [-0.2, -0.15) is 16.9 Å². The molecule has 0 radical (unpaired) electrons. The highest BCUT2D eigenvalue weighted by Crippen LogP contribution is 2.21. The van der Waals surface area contributed by atoms with E-state index in [1.165, 1.54) is 0 Å². The van der Waals surface area contributed by atoms with Crippen molar-refractivity contribution in [2.75, 3.05) is 17.7 Å². The minimum Gasteiger partial charge on any atom is -0.396 e. The van der Waals surface area contributed by atoms with Gasteiger partial charge in [0, 0.05) is 24.3 Å². The molecule has 0 amide bonds. The number of anilines is 1. The lowest BCUT2D eigenvalue weighted by atomic mass is 10.1. The Morgan fingerprint density at radius 2 is 2.38 bits per heavy atom. The highest BCUT2D eigenvalue weighted by molar-refractivity contribution is 7.98. The molecule has 0 aliphatic carbocycles. The minimum absolute atomic E-state index is 0.195. The maximum atomic E-state index is 5.68. The number of hydrogen-bond donors (Lipinski definition) is 1. The summed E-state index contributed by atoms with van der Waals surface area (Å²) in [6.45, 7) is 0. The first-order valence-electron chi connectivity index (χ1n) is 4.99. The molecule has 0 bridgehead atoms. The molecule has 16 heavy (non-hydrogen) atoms. The lowest BCUT2D eigenvalue weighted by Gasteiger charge is -2.16. The van der Waals surface area contributed by atoms with Gasteiger partial charge in [0.05, 0.1) is 17.9 Å². The molecule has 0 saturated carbocycles. The Labute approximate surface area is 98.9 Å². The van der Waals surface area contributed by atoms with Gasteiger partial charge in [-0.05, 0) is 17.9 Å². The average molecular weight is 234 g/mol. The molecule has 0 aliphatic rings. The summed E-state index contributed by atoms with van der Waals surface area (Å²) in [5.74, 6) is 0.951. The first-order chi connectivity index (χ1) is 7.81. The van der Waals surface area contributed by atoms with E-state index in [0.717, 1.165) is 11.3 Å². The zero-order chi connectivity index (χ0) is 11.4. The molecule has 1 unspecified atom stereocenters. The van der Waals surface area contributed by atoms with Crippen LogP contribution in [0.25, 0.3) is 0 Å². The van der Waals surface area contributed by atoms with Crippen LogP contribution < -0.4 is 5.73 Å². The Morgan fingerprint density at radius 1 is 1.50 bits per heavy atom. The van der Waals surface area contributed by atoms with Gasteiger partial charge in [-0.15, -0.1) is 0 Å². The zero-order valence-corrected chi connectivity index (χ0v) is 9.89. The summed E-state index contributed by atoms with van der Waals surface area (Å²) < 4.78 is 1.89. The van der Waals surface area contributed by atoms with Crippen LogP contribution in [-0.2, 0) is 0 Å². The number of nitrogens with two attached hydrogens (primary N) is 1. The van der Waals surface area contributed by atoms with Crippen LogP contribution in [0.5, 0.6) is 0 Å². The quantitative estimate of drug-likeness (QED) is 0.876. The molecule has 0 aliphatic heterocycles. The van der Waals surface area contributed by atoms with Crippen molar-refractivity contribution in [3.63, 3.8) is 0 Å². The van der Waals surface area contributed by atoms with Crippen molar-refractivity contribution in [2.24, 2.45) is 0 Å². The van der Waals surface area contributed by atoms with Crippen molar-refractivity contribution in [2.45, 2.75) is 6.04 Å². The fourth-order valence-electron chi connectivity index (χ4n) is 1.58. The van der Waals surface area contributed by atoms with E-state index in [4.69, 9.17) is 5.73 Å². The Balaban J connectivity index is 2.31. The van der Waals surface area contributed by atoms with Crippen LogP contribution in [0, 0.1) is 0 Å². The van der Waals surface area contributed by atoms with E-state index in [2.05, 4.69) is 22.4 Å². The van der Waals surface area contributed by atoms with Gasteiger partial charge in [0.1, 0.15) is 0 Å². The van der Waals surface area contributed by atoms with Crippen molar-refractivity contribution in [3.8, 4) is 0 Å². The molecule has 0 aromatic carbocycles. The monoisotopic (exact) mass is 234 g/mol. The molecular formula is C11H14N4S. The number of hydrogen-bond acceptors (Lipinski definition) is 4. The first kappa shape index (κ1) is 11.0. The standard InChI is InChI=1S/C11H14N4S/c1-16-8-11(9-3-2-4-13-5-9)15-7-10(12)6-14-15/h2-7,11H,8,12H2,1H3. The Morgan fingerprint density at radius 3 is 2.94 bits per heavy atom. The molecule has 0 fully saturated rings. The van der Waals surface area contributed by atoms with E-state index in [1.54, 1.807) is 24.2 Å². The van der Waals surface area contributed by atoms with Gasteiger partial charge in [0.2, 0.25) is 0 Å². The third kappa shape index (κ3) is 2.36. The topological polar surface area (TPSA) is 56.7 Å². The van der Waals surface area contributed by atoms with E-state index < -0.39 is 0 Å². The SMILES string of the molecule is CSCC(c1cccnc1)n1cc(N)cn1. The maximum absolute atomic E-state index is 5.68. The van der Waals surface area contributed by atoms with Crippen molar-refractivity contribution < 1.29 is 0 Å². The summed E-state index contributed by atoms with van der Waals surface area (Å²) >= 11 is 1.78. The predicted octanol–water partition coefficient (Wildman–Crippen LogP) is 1.81. The lowest BCUT2D eigenvalue weighted by molar-refractivity contribution is 0.571. The van der Waals surface area contributed by atoms with Crippen LogP contribution in [0.2, 0.25) is 0 Å². The second-order valence-corrected chi connectivity index (χ2v) is 4.42. The second kappa shape index (κ2) is 5.03. The smallest absolute Gasteiger partial charge is 0.0874 e. The van der Waals surface area contributed by atoms with E-state index in [0.29, 0.717) is 5.69 Å². The van der Waals surface area contributed by atoms with Crippen LogP contribution in [0.15, 0.2) is 36.9 Å². The molecule has 5 heteroatoms. The van der Waals surface area contributed by atoms with Crippen molar-refractivity contribution in [3.05, 3.63) is 42.5 Å².